The van der Waals surface area contributed by atoms with Crippen LogP contribution in [0.4, 0.5) is 24.5 Å². The van der Waals surface area contributed by atoms with Crippen LogP contribution in [0.25, 0.3) is 0 Å². The molecule has 11 heteroatoms. The molecule has 1 aliphatic heterocycles. The molecule has 0 radical (unpaired) electrons. The Morgan fingerprint density at radius 1 is 1.40 bits per heavy atom. The zero-order chi connectivity index (χ0) is 18.8. The second kappa shape index (κ2) is 7.16. The molecule has 0 bridgehead atoms. The third kappa shape index (κ3) is 5.30. The Labute approximate surface area is 143 Å². The van der Waals surface area contributed by atoms with Crippen molar-refractivity contribution < 1.29 is 26.5 Å². The van der Waals surface area contributed by atoms with Crippen LogP contribution in [0.1, 0.15) is 18.4 Å². The molecule has 1 aliphatic rings. The van der Waals surface area contributed by atoms with Gasteiger partial charge < -0.3 is 4.90 Å². The van der Waals surface area contributed by atoms with Gasteiger partial charge in [-0.2, -0.15) is 13.2 Å². The Bertz CT molecular complexity index is 752. The number of sulfonamides is 1. The molecule has 1 aromatic carbocycles. The Hall–Kier alpha value is -1.88. The zero-order valence-electron chi connectivity index (χ0n) is 13.4. The first-order valence-electron chi connectivity index (χ1n) is 7.52. The summed E-state index contributed by atoms with van der Waals surface area (Å²) in [4.78, 5) is 12.0. The molecule has 0 amide bonds. The predicted octanol–water partition coefficient (Wildman–Crippen LogP) is 2.38. The highest BCUT2D eigenvalue weighted by Gasteiger charge is 2.34. The number of piperidine rings is 1. The summed E-state index contributed by atoms with van der Waals surface area (Å²) in [5.41, 5.74) is -1.57. The fourth-order valence-electron chi connectivity index (χ4n) is 2.83. The van der Waals surface area contributed by atoms with E-state index in [0.717, 1.165) is 24.8 Å². The number of nitrogens with one attached hydrogen (secondary N) is 1. The van der Waals surface area contributed by atoms with E-state index in [-0.39, 0.29) is 18.2 Å². The Kier molecular flexibility index (Phi) is 5.57. The first-order valence-corrected chi connectivity index (χ1v) is 9.42. The topological polar surface area (TPSA) is 92.6 Å². The zero-order valence-corrected chi connectivity index (χ0v) is 14.2. The molecule has 7 nitrogen and oxygen atoms in total. The van der Waals surface area contributed by atoms with Gasteiger partial charge >= 0.3 is 6.18 Å². The predicted molar refractivity (Wildman–Crippen MR) is 85.9 cm³/mol. The molecule has 0 spiro atoms. The number of nitrogens with zero attached hydrogens (tertiary/aromatic N) is 2. The number of nitro benzene ring substituents is 1. The number of hydrogen-bond donors (Lipinski definition) is 1. The van der Waals surface area contributed by atoms with Gasteiger partial charge in [-0.25, -0.2) is 13.1 Å². The largest absolute Gasteiger partial charge is 0.416 e. The van der Waals surface area contributed by atoms with Crippen LogP contribution in [-0.2, 0) is 16.2 Å². The highest BCUT2D eigenvalue weighted by Crippen LogP contribution is 2.37. The highest BCUT2D eigenvalue weighted by molar-refractivity contribution is 7.88. The third-order valence-corrected chi connectivity index (χ3v) is 4.68. The minimum absolute atomic E-state index is 0.0784. The molecule has 2 rings (SSSR count). The lowest BCUT2D eigenvalue weighted by molar-refractivity contribution is -0.384. The van der Waals surface area contributed by atoms with Crippen LogP contribution >= 0.6 is 0 Å². The fraction of sp³-hybridized carbons (Fsp3) is 0.571. The number of anilines is 1. The van der Waals surface area contributed by atoms with E-state index in [9.17, 15) is 31.7 Å². The molecule has 0 unspecified atom stereocenters. The van der Waals surface area contributed by atoms with Crippen molar-refractivity contribution in [2.75, 3.05) is 30.8 Å². The summed E-state index contributed by atoms with van der Waals surface area (Å²) in [5.74, 6) is -0.0784. The maximum atomic E-state index is 12.8. The quantitative estimate of drug-likeness (QED) is 0.624. The molecule has 0 saturated carbocycles. The molecular weight excluding hydrogens is 363 g/mol. The third-order valence-electron chi connectivity index (χ3n) is 3.99. The lowest BCUT2D eigenvalue weighted by Gasteiger charge is -2.34. The van der Waals surface area contributed by atoms with Gasteiger partial charge in [0.25, 0.3) is 5.69 Å². The molecule has 1 saturated heterocycles. The average Bonchev–Trinajstić information content (AvgIpc) is 2.51. The van der Waals surface area contributed by atoms with Gasteiger partial charge in [0.05, 0.1) is 16.7 Å². The van der Waals surface area contributed by atoms with Gasteiger partial charge in [-0.15, -0.1) is 0 Å². The standard InChI is InChI=1S/C14H18F3N3O4S/c1-25(23,24)18-8-10-3-2-6-19(9-10)12-5-4-11(14(15,16)17)7-13(12)20(21)22/h4-5,7,10,18H,2-3,6,8-9H2,1H3/t10-/m1/s1. The lowest BCUT2D eigenvalue weighted by Crippen LogP contribution is -2.41. The van der Waals surface area contributed by atoms with Crippen molar-refractivity contribution in [3.63, 3.8) is 0 Å². The van der Waals surface area contributed by atoms with Gasteiger partial charge in [0.2, 0.25) is 10.0 Å². The Morgan fingerprint density at radius 2 is 2.08 bits per heavy atom. The first-order chi connectivity index (χ1) is 11.5. The molecule has 1 aromatic rings. The van der Waals surface area contributed by atoms with Crippen LogP contribution in [0.15, 0.2) is 18.2 Å². The van der Waals surface area contributed by atoms with Crippen LogP contribution in [0.2, 0.25) is 0 Å². The van der Waals surface area contributed by atoms with E-state index in [0.29, 0.717) is 25.6 Å². The van der Waals surface area contributed by atoms with Crippen molar-refractivity contribution in [1.29, 1.82) is 0 Å². The minimum Gasteiger partial charge on any atom is -0.366 e. The average molecular weight is 381 g/mol. The molecule has 0 aromatic heterocycles. The fourth-order valence-corrected chi connectivity index (χ4v) is 3.37. The number of benzene rings is 1. The molecule has 140 valence electrons. The second-order valence-electron chi connectivity index (χ2n) is 6.03. The van der Waals surface area contributed by atoms with Gasteiger partial charge in [-0.05, 0) is 30.9 Å². The van der Waals surface area contributed by atoms with Gasteiger partial charge in [0.15, 0.2) is 0 Å². The molecule has 1 N–H and O–H groups in total. The molecule has 1 fully saturated rings. The van der Waals surface area contributed by atoms with Crippen molar-refractivity contribution in [1.82, 2.24) is 4.72 Å². The van der Waals surface area contributed by atoms with E-state index in [1.807, 2.05) is 0 Å². The Morgan fingerprint density at radius 3 is 2.64 bits per heavy atom. The molecule has 1 atom stereocenters. The molecule has 1 heterocycles. The van der Waals surface area contributed by atoms with E-state index in [4.69, 9.17) is 0 Å². The maximum Gasteiger partial charge on any atom is 0.416 e. The summed E-state index contributed by atoms with van der Waals surface area (Å²) < 4.78 is 63.1. The van der Waals surface area contributed by atoms with Gasteiger partial charge in [0.1, 0.15) is 5.69 Å². The summed E-state index contributed by atoms with van der Waals surface area (Å²) in [6.45, 7) is 0.972. The lowest BCUT2D eigenvalue weighted by atomic mass is 9.97. The highest BCUT2D eigenvalue weighted by atomic mass is 32.2. The van der Waals surface area contributed by atoms with Gasteiger partial charge in [0, 0.05) is 25.7 Å². The molecule has 25 heavy (non-hydrogen) atoms. The van der Waals surface area contributed by atoms with E-state index < -0.39 is 32.4 Å². The van der Waals surface area contributed by atoms with Crippen molar-refractivity contribution in [2.24, 2.45) is 5.92 Å². The number of nitro groups is 1. The van der Waals surface area contributed by atoms with E-state index in [1.54, 1.807) is 4.90 Å². The van der Waals surface area contributed by atoms with Crippen molar-refractivity contribution >= 4 is 21.4 Å². The van der Waals surface area contributed by atoms with Crippen LogP contribution in [0.5, 0.6) is 0 Å². The number of rotatable bonds is 5. The summed E-state index contributed by atoms with van der Waals surface area (Å²) in [5, 5.41) is 11.2. The normalized spacial score (nSPS) is 19.0. The number of halogens is 3. The summed E-state index contributed by atoms with van der Waals surface area (Å²) >= 11 is 0. The Balaban J connectivity index is 2.23. The van der Waals surface area contributed by atoms with Crippen LogP contribution in [0, 0.1) is 16.0 Å². The van der Waals surface area contributed by atoms with Gasteiger partial charge in [-0.3, -0.25) is 10.1 Å². The number of hydrogen-bond acceptors (Lipinski definition) is 5. The second-order valence-corrected chi connectivity index (χ2v) is 7.87. The van der Waals surface area contributed by atoms with Crippen LogP contribution < -0.4 is 9.62 Å². The van der Waals surface area contributed by atoms with Crippen molar-refractivity contribution in [3.8, 4) is 0 Å². The maximum absolute atomic E-state index is 12.8. The molecular formula is C14H18F3N3O4S. The summed E-state index contributed by atoms with van der Waals surface area (Å²) in [6, 6.07) is 2.46. The van der Waals surface area contributed by atoms with E-state index in [1.165, 1.54) is 0 Å². The van der Waals surface area contributed by atoms with Crippen LogP contribution in [0.3, 0.4) is 0 Å². The van der Waals surface area contributed by atoms with Gasteiger partial charge in [-0.1, -0.05) is 0 Å². The minimum atomic E-state index is -4.66. The summed E-state index contributed by atoms with van der Waals surface area (Å²) in [6.07, 6.45) is -2.23. The van der Waals surface area contributed by atoms with E-state index >= 15 is 0 Å². The summed E-state index contributed by atoms with van der Waals surface area (Å²) in [7, 11) is -3.35. The monoisotopic (exact) mass is 381 g/mol. The SMILES string of the molecule is CS(=O)(=O)NC[C@H]1CCCN(c2ccc(C(F)(F)F)cc2[N+](=O)[O-])C1. The van der Waals surface area contributed by atoms with Crippen molar-refractivity contribution in [3.05, 3.63) is 33.9 Å². The van der Waals surface area contributed by atoms with Crippen molar-refractivity contribution in [2.45, 2.75) is 19.0 Å². The van der Waals surface area contributed by atoms with E-state index in [2.05, 4.69) is 4.72 Å². The number of alkyl halides is 3. The first kappa shape index (κ1) is 19.4. The smallest absolute Gasteiger partial charge is 0.366 e. The molecule has 0 aliphatic carbocycles. The van der Waals surface area contributed by atoms with Crippen LogP contribution in [-0.4, -0.2) is 39.2 Å².